The number of carbonyl (C=O) groups excluding carboxylic acids is 1. The van der Waals surface area contributed by atoms with Crippen LogP contribution in [0.5, 0.6) is 0 Å². The van der Waals surface area contributed by atoms with Crippen molar-refractivity contribution in [2.24, 2.45) is 0 Å². The summed E-state index contributed by atoms with van der Waals surface area (Å²) in [4.78, 5) is 22.4. The average Bonchev–Trinajstić information content (AvgIpc) is 2.39. The van der Waals surface area contributed by atoms with Crippen molar-refractivity contribution in [3.63, 3.8) is 0 Å². The molecule has 0 aromatic heterocycles. The van der Waals surface area contributed by atoms with Crippen molar-refractivity contribution in [1.29, 1.82) is 0 Å². The Hall–Kier alpha value is -1.88. The third-order valence-corrected chi connectivity index (χ3v) is 2.93. The van der Waals surface area contributed by atoms with Crippen molar-refractivity contribution in [3.05, 3.63) is 35.4 Å². The van der Waals surface area contributed by atoms with Gasteiger partial charge in [0.1, 0.15) is 0 Å². The molecule has 0 radical (unpaired) electrons. The van der Waals surface area contributed by atoms with Gasteiger partial charge in [0.15, 0.2) is 0 Å². The van der Waals surface area contributed by atoms with E-state index in [2.05, 4.69) is 5.32 Å². The van der Waals surface area contributed by atoms with E-state index < -0.39 is 5.97 Å². The van der Waals surface area contributed by atoms with Crippen LogP contribution in [0.4, 0.5) is 0 Å². The first-order chi connectivity index (χ1) is 9.52. The maximum Gasteiger partial charge on any atom is 0.303 e. The number of nitrogens with one attached hydrogen (secondary N) is 1. The molecule has 0 bridgehead atoms. The number of ether oxygens (including phenoxy) is 1. The summed E-state index contributed by atoms with van der Waals surface area (Å²) < 4.78 is 5.01. The molecule has 2 N–H and O–H groups in total. The molecule has 1 amide bonds. The Labute approximate surface area is 118 Å². The Morgan fingerprint density at radius 2 is 1.95 bits per heavy atom. The van der Waals surface area contributed by atoms with Crippen molar-refractivity contribution in [3.8, 4) is 0 Å². The van der Waals surface area contributed by atoms with E-state index in [4.69, 9.17) is 9.84 Å². The summed E-state index contributed by atoms with van der Waals surface area (Å²) in [6, 6.07) is 7.18. The second-order valence-electron chi connectivity index (χ2n) is 4.79. The summed E-state index contributed by atoms with van der Waals surface area (Å²) in [6.45, 7) is 2.40. The molecule has 1 unspecified atom stereocenters. The van der Waals surface area contributed by atoms with Gasteiger partial charge in [0.25, 0.3) is 5.91 Å². The number of benzene rings is 1. The Kier molecular flexibility index (Phi) is 6.73. The lowest BCUT2D eigenvalue weighted by atomic mass is 10.1. The van der Waals surface area contributed by atoms with E-state index in [0.717, 1.165) is 5.56 Å². The molecule has 0 spiro atoms. The van der Waals surface area contributed by atoms with Crippen molar-refractivity contribution >= 4 is 11.9 Å². The van der Waals surface area contributed by atoms with Gasteiger partial charge in [-0.3, -0.25) is 9.59 Å². The predicted octanol–water partition coefficient (Wildman–Crippen LogP) is 2.21. The number of rotatable bonds is 8. The Morgan fingerprint density at radius 3 is 2.50 bits per heavy atom. The zero-order valence-corrected chi connectivity index (χ0v) is 11.9. The molecule has 110 valence electrons. The van der Waals surface area contributed by atoms with E-state index in [1.807, 2.05) is 19.1 Å². The lowest BCUT2D eigenvalue weighted by Gasteiger charge is -2.13. The van der Waals surface area contributed by atoms with Crippen LogP contribution in [0.2, 0.25) is 0 Å². The summed E-state index contributed by atoms with van der Waals surface area (Å²) in [5, 5.41) is 11.4. The van der Waals surface area contributed by atoms with Crippen LogP contribution in [-0.4, -0.2) is 30.1 Å². The first kappa shape index (κ1) is 16.2. The molecule has 1 atom stereocenters. The average molecular weight is 279 g/mol. The molecule has 0 saturated carbocycles. The maximum absolute atomic E-state index is 12.0. The van der Waals surface area contributed by atoms with E-state index in [1.54, 1.807) is 19.2 Å². The molecule has 5 nitrogen and oxygen atoms in total. The second kappa shape index (κ2) is 8.32. The molecule has 0 aliphatic rings. The lowest BCUT2D eigenvalue weighted by Crippen LogP contribution is -2.32. The number of hydrogen-bond acceptors (Lipinski definition) is 3. The Balaban J connectivity index is 2.43. The van der Waals surface area contributed by atoms with Gasteiger partial charge in [-0.25, -0.2) is 0 Å². The van der Waals surface area contributed by atoms with E-state index in [1.165, 1.54) is 0 Å². The molecule has 0 heterocycles. The third-order valence-electron chi connectivity index (χ3n) is 2.93. The Bertz CT molecular complexity index is 442. The fourth-order valence-electron chi connectivity index (χ4n) is 1.86. The maximum atomic E-state index is 12.0. The summed E-state index contributed by atoms with van der Waals surface area (Å²) in [5.74, 6) is -0.950. The number of carboxylic acid groups (broad SMARTS) is 1. The molecule has 0 aliphatic heterocycles. The van der Waals surface area contributed by atoms with Crippen molar-refractivity contribution < 1.29 is 19.4 Å². The highest BCUT2D eigenvalue weighted by Crippen LogP contribution is 2.07. The lowest BCUT2D eigenvalue weighted by molar-refractivity contribution is -0.137. The fourth-order valence-corrected chi connectivity index (χ4v) is 1.86. The van der Waals surface area contributed by atoms with Crippen molar-refractivity contribution in [1.82, 2.24) is 5.32 Å². The predicted molar refractivity (Wildman–Crippen MR) is 75.6 cm³/mol. The van der Waals surface area contributed by atoms with Gasteiger partial charge in [-0.15, -0.1) is 0 Å². The zero-order chi connectivity index (χ0) is 15.0. The normalized spacial score (nSPS) is 11.9. The minimum atomic E-state index is -0.808. The molecule has 20 heavy (non-hydrogen) atoms. The van der Waals surface area contributed by atoms with E-state index in [0.29, 0.717) is 25.0 Å². The van der Waals surface area contributed by atoms with Gasteiger partial charge in [0.2, 0.25) is 0 Å². The molecule has 0 fully saturated rings. The summed E-state index contributed by atoms with van der Waals surface area (Å²) in [5.41, 5.74) is 1.61. The molecule has 1 aromatic rings. The van der Waals surface area contributed by atoms with Gasteiger partial charge in [-0.2, -0.15) is 0 Å². The molecule has 0 saturated heterocycles. The minimum absolute atomic E-state index is 0.0412. The highest BCUT2D eigenvalue weighted by molar-refractivity contribution is 5.94. The SMILES string of the molecule is COCc1ccc(C(=O)NC(C)CCCC(=O)O)cc1. The molecule has 0 aliphatic carbocycles. The van der Waals surface area contributed by atoms with Gasteiger partial charge in [-0.1, -0.05) is 12.1 Å². The van der Waals surface area contributed by atoms with Gasteiger partial charge < -0.3 is 15.2 Å². The number of hydrogen-bond donors (Lipinski definition) is 2. The summed E-state index contributed by atoms with van der Waals surface area (Å²) in [6.07, 6.45) is 1.34. The van der Waals surface area contributed by atoms with E-state index in [9.17, 15) is 9.59 Å². The van der Waals surface area contributed by atoms with Gasteiger partial charge in [-0.05, 0) is 37.5 Å². The van der Waals surface area contributed by atoms with Crippen LogP contribution in [0, 0.1) is 0 Å². The van der Waals surface area contributed by atoms with E-state index in [-0.39, 0.29) is 18.4 Å². The third kappa shape index (κ3) is 5.84. The van der Waals surface area contributed by atoms with Crippen LogP contribution in [0.1, 0.15) is 42.1 Å². The quantitative estimate of drug-likeness (QED) is 0.765. The molecular weight excluding hydrogens is 258 g/mol. The molecular formula is C15H21NO4. The van der Waals surface area contributed by atoms with E-state index >= 15 is 0 Å². The van der Waals surface area contributed by atoms with Crippen LogP contribution < -0.4 is 5.32 Å². The van der Waals surface area contributed by atoms with Crippen LogP contribution in [0.15, 0.2) is 24.3 Å². The Morgan fingerprint density at radius 1 is 1.30 bits per heavy atom. The van der Waals surface area contributed by atoms with Crippen molar-refractivity contribution in [2.75, 3.05) is 7.11 Å². The fraction of sp³-hybridized carbons (Fsp3) is 0.467. The number of carboxylic acids is 1. The summed E-state index contributed by atoms with van der Waals surface area (Å²) >= 11 is 0. The highest BCUT2D eigenvalue weighted by atomic mass is 16.5. The first-order valence-corrected chi connectivity index (χ1v) is 6.63. The van der Waals surface area contributed by atoms with Crippen LogP contribution in [-0.2, 0) is 16.1 Å². The van der Waals surface area contributed by atoms with Crippen LogP contribution in [0.25, 0.3) is 0 Å². The largest absolute Gasteiger partial charge is 0.481 e. The first-order valence-electron chi connectivity index (χ1n) is 6.63. The van der Waals surface area contributed by atoms with Gasteiger partial charge >= 0.3 is 5.97 Å². The van der Waals surface area contributed by atoms with Crippen LogP contribution >= 0.6 is 0 Å². The number of methoxy groups -OCH3 is 1. The second-order valence-corrected chi connectivity index (χ2v) is 4.79. The summed E-state index contributed by atoms with van der Waals surface area (Å²) in [7, 11) is 1.62. The number of amides is 1. The topological polar surface area (TPSA) is 75.6 Å². The highest BCUT2D eigenvalue weighted by Gasteiger charge is 2.10. The van der Waals surface area contributed by atoms with Crippen LogP contribution in [0.3, 0.4) is 0 Å². The number of carbonyl (C=O) groups is 2. The standard InChI is InChI=1S/C15H21NO4/c1-11(4-3-5-14(17)18)16-15(19)13-8-6-12(7-9-13)10-20-2/h6-9,11H,3-5,10H2,1-2H3,(H,16,19)(H,17,18). The van der Waals surface area contributed by atoms with Gasteiger partial charge in [0.05, 0.1) is 6.61 Å². The smallest absolute Gasteiger partial charge is 0.303 e. The molecule has 1 aromatic carbocycles. The monoisotopic (exact) mass is 279 g/mol. The minimum Gasteiger partial charge on any atom is -0.481 e. The molecule has 5 heteroatoms. The zero-order valence-electron chi connectivity index (χ0n) is 11.9. The van der Waals surface area contributed by atoms with Gasteiger partial charge in [0, 0.05) is 25.1 Å². The number of aliphatic carboxylic acids is 1. The molecule has 1 rings (SSSR count). The van der Waals surface area contributed by atoms with Crippen molar-refractivity contribution in [2.45, 2.75) is 38.8 Å².